The fraction of sp³-hybridized carbons (Fsp3) is 0.150. The number of para-hydroxylation sites is 3. The maximum atomic E-state index is 12.9. The molecule has 0 aliphatic heterocycles. The Labute approximate surface area is 160 Å². The smallest absolute Gasteiger partial charge is 0.265 e. The maximum absolute atomic E-state index is 12.9. The molecule has 0 aliphatic carbocycles. The Morgan fingerprint density at radius 1 is 1.11 bits per heavy atom. The molecule has 6 nitrogen and oxygen atoms in total. The molecule has 0 bridgehead atoms. The highest BCUT2D eigenvalue weighted by Gasteiger charge is 2.17. The first kappa shape index (κ1) is 17.2. The molecule has 2 heterocycles. The number of benzene rings is 2. The van der Waals surface area contributed by atoms with E-state index in [4.69, 9.17) is 12.2 Å². The highest BCUT2D eigenvalue weighted by atomic mass is 32.1. The topological polar surface area (TPSA) is 75.8 Å². The number of hydrogen-bond acceptors (Lipinski definition) is 4. The normalized spacial score (nSPS) is 11.1. The highest BCUT2D eigenvalue weighted by molar-refractivity contribution is 7.71. The molecule has 2 aromatic carbocycles. The first-order chi connectivity index (χ1) is 13.1. The monoisotopic (exact) mass is 378 g/mol. The summed E-state index contributed by atoms with van der Waals surface area (Å²) in [7, 11) is 0. The van der Waals surface area contributed by atoms with Gasteiger partial charge in [0.15, 0.2) is 4.77 Å². The van der Waals surface area contributed by atoms with E-state index in [1.165, 1.54) is 4.57 Å². The van der Waals surface area contributed by atoms with E-state index in [9.17, 15) is 9.90 Å². The van der Waals surface area contributed by atoms with Gasteiger partial charge in [0.05, 0.1) is 28.8 Å². The van der Waals surface area contributed by atoms with Gasteiger partial charge >= 0.3 is 0 Å². The summed E-state index contributed by atoms with van der Waals surface area (Å²) in [5, 5.41) is 10.7. The van der Waals surface area contributed by atoms with Crippen LogP contribution in [0.4, 0.5) is 0 Å². The zero-order valence-corrected chi connectivity index (χ0v) is 15.5. The van der Waals surface area contributed by atoms with Crippen molar-refractivity contribution in [2.75, 3.05) is 0 Å². The summed E-state index contributed by atoms with van der Waals surface area (Å²) in [6.07, 6.45) is 0.396. The predicted molar refractivity (Wildman–Crippen MR) is 107 cm³/mol. The molecule has 0 unspecified atom stereocenters. The quantitative estimate of drug-likeness (QED) is 0.533. The second-order valence-corrected chi connectivity index (χ2v) is 6.57. The number of rotatable bonds is 4. The number of imidazole rings is 1. The first-order valence-corrected chi connectivity index (χ1v) is 9.07. The van der Waals surface area contributed by atoms with Gasteiger partial charge in [0.1, 0.15) is 5.82 Å². The zero-order valence-electron chi connectivity index (χ0n) is 14.7. The van der Waals surface area contributed by atoms with E-state index in [2.05, 4.69) is 9.97 Å². The second kappa shape index (κ2) is 6.85. The third-order valence-electron chi connectivity index (χ3n) is 4.52. The minimum absolute atomic E-state index is 0.111. The van der Waals surface area contributed by atoms with Crippen molar-refractivity contribution in [2.45, 2.75) is 19.9 Å². The maximum Gasteiger partial charge on any atom is 0.265 e. The summed E-state index contributed by atoms with van der Waals surface area (Å²) in [5.41, 5.74) is 2.44. The van der Waals surface area contributed by atoms with Crippen molar-refractivity contribution >= 4 is 23.3 Å². The predicted octanol–water partition coefficient (Wildman–Crippen LogP) is 3.56. The third-order valence-corrected chi connectivity index (χ3v) is 4.93. The van der Waals surface area contributed by atoms with E-state index in [1.54, 1.807) is 4.57 Å². The molecule has 27 heavy (non-hydrogen) atoms. The van der Waals surface area contributed by atoms with Crippen molar-refractivity contribution in [1.82, 2.24) is 19.1 Å². The molecule has 136 valence electrons. The van der Waals surface area contributed by atoms with Gasteiger partial charge in [0.25, 0.3) is 5.56 Å². The number of H-pyrrole nitrogens is 1. The second-order valence-electron chi connectivity index (χ2n) is 6.20. The van der Waals surface area contributed by atoms with Gasteiger partial charge in [-0.1, -0.05) is 37.3 Å². The van der Waals surface area contributed by atoms with Crippen LogP contribution in [0, 0.1) is 4.77 Å². The molecule has 7 heteroatoms. The fourth-order valence-corrected chi connectivity index (χ4v) is 3.52. The van der Waals surface area contributed by atoms with Crippen LogP contribution in [0.2, 0.25) is 0 Å². The van der Waals surface area contributed by atoms with Gasteiger partial charge in [-0.2, -0.15) is 0 Å². The largest absolute Gasteiger partial charge is 0.494 e. The summed E-state index contributed by atoms with van der Waals surface area (Å²) >= 11 is 5.56. The minimum Gasteiger partial charge on any atom is -0.494 e. The Hall–Kier alpha value is -3.19. The molecule has 0 atom stereocenters. The summed E-state index contributed by atoms with van der Waals surface area (Å²) < 4.78 is 3.22. The van der Waals surface area contributed by atoms with Gasteiger partial charge in [-0.25, -0.2) is 4.98 Å². The molecule has 2 aromatic heterocycles. The number of nitrogens with zero attached hydrogens (tertiary/aromatic N) is 3. The van der Waals surface area contributed by atoms with Gasteiger partial charge in [0.2, 0.25) is 5.88 Å². The number of aromatic hydroxyl groups is 1. The number of hydrogen-bond donors (Lipinski definition) is 2. The van der Waals surface area contributed by atoms with Crippen molar-refractivity contribution in [1.29, 1.82) is 0 Å². The molecular formula is C20H18N4O2S. The van der Waals surface area contributed by atoms with E-state index in [0.717, 1.165) is 11.0 Å². The van der Waals surface area contributed by atoms with Crippen LogP contribution in [0.1, 0.15) is 18.3 Å². The van der Waals surface area contributed by atoms with E-state index in [0.29, 0.717) is 23.5 Å². The molecule has 0 amide bonds. The Morgan fingerprint density at radius 2 is 1.81 bits per heavy atom. The van der Waals surface area contributed by atoms with E-state index in [1.807, 2.05) is 61.5 Å². The molecule has 2 N–H and O–H groups in total. The molecule has 0 fully saturated rings. The average molecular weight is 378 g/mol. The number of nitrogens with one attached hydrogen (secondary N) is 1. The Morgan fingerprint density at radius 3 is 2.52 bits per heavy atom. The first-order valence-electron chi connectivity index (χ1n) is 8.67. The summed E-state index contributed by atoms with van der Waals surface area (Å²) in [4.78, 5) is 20.7. The minimum atomic E-state index is -0.299. The van der Waals surface area contributed by atoms with E-state index < -0.39 is 0 Å². The van der Waals surface area contributed by atoms with Crippen molar-refractivity contribution in [3.8, 4) is 11.6 Å². The lowest BCUT2D eigenvalue weighted by atomic mass is 10.2. The summed E-state index contributed by atoms with van der Waals surface area (Å²) in [5.74, 6) is 0.544. The van der Waals surface area contributed by atoms with Crippen molar-refractivity contribution in [3.05, 3.63) is 81.1 Å². The molecule has 0 saturated heterocycles. The third kappa shape index (κ3) is 2.96. The standard InChI is InChI=1S/C20H18N4O2S/c1-2-14-18(25)23(12-17-21-15-10-6-7-11-16(15)22-17)20(27)24(19(14)26)13-8-4-3-5-9-13/h3-11,25H,2,12H2,1H3,(H,21,22). The molecule has 0 radical (unpaired) electrons. The zero-order chi connectivity index (χ0) is 19.0. The lowest BCUT2D eigenvalue weighted by molar-refractivity contribution is 0.400. The van der Waals surface area contributed by atoms with Crippen molar-refractivity contribution in [2.24, 2.45) is 0 Å². The molecule has 4 rings (SSSR count). The van der Waals surface area contributed by atoms with Crippen LogP contribution in [-0.4, -0.2) is 24.2 Å². The number of aromatic amines is 1. The van der Waals surface area contributed by atoms with Crippen molar-refractivity contribution in [3.63, 3.8) is 0 Å². The fourth-order valence-electron chi connectivity index (χ4n) is 3.18. The van der Waals surface area contributed by atoms with Gasteiger partial charge in [0, 0.05) is 0 Å². The van der Waals surface area contributed by atoms with Crippen LogP contribution in [0.25, 0.3) is 16.7 Å². The molecular weight excluding hydrogens is 360 g/mol. The van der Waals surface area contributed by atoms with Crippen LogP contribution in [0.3, 0.4) is 0 Å². The van der Waals surface area contributed by atoms with Gasteiger partial charge in [-0.3, -0.25) is 13.9 Å². The number of aromatic nitrogens is 4. The Balaban J connectivity index is 1.92. The molecule has 0 spiro atoms. The Kier molecular flexibility index (Phi) is 4.37. The van der Waals surface area contributed by atoms with Crippen LogP contribution in [0.15, 0.2) is 59.4 Å². The Bertz CT molecular complexity index is 1210. The van der Waals surface area contributed by atoms with Gasteiger partial charge < -0.3 is 10.1 Å². The van der Waals surface area contributed by atoms with Crippen LogP contribution >= 0.6 is 12.2 Å². The molecule has 0 aliphatic rings. The van der Waals surface area contributed by atoms with Crippen LogP contribution < -0.4 is 5.56 Å². The van der Waals surface area contributed by atoms with Crippen LogP contribution in [-0.2, 0) is 13.0 Å². The SMILES string of the molecule is CCc1c(O)n(Cc2nc3ccccc3[nH]2)c(=S)n(-c2ccccc2)c1=O. The number of fused-ring (bicyclic) bond motifs is 1. The summed E-state index contributed by atoms with van der Waals surface area (Å²) in [6.45, 7) is 2.07. The van der Waals surface area contributed by atoms with Gasteiger partial charge in [-0.15, -0.1) is 0 Å². The molecule has 4 aromatic rings. The van der Waals surface area contributed by atoms with E-state index >= 15 is 0 Å². The average Bonchev–Trinajstić information content (AvgIpc) is 3.09. The summed E-state index contributed by atoms with van der Waals surface area (Å²) in [6, 6.07) is 16.9. The van der Waals surface area contributed by atoms with E-state index in [-0.39, 0.29) is 22.8 Å². The van der Waals surface area contributed by atoms with Crippen molar-refractivity contribution < 1.29 is 5.11 Å². The lowest BCUT2D eigenvalue weighted by Gasteiger charge is -2.16. The lowest BCUT2D eigenvalue weighted by Crippen LogP contribution is -2.27. The molecule has 0 saturated carbocycles. The van der Waals surface area contributed by atoms with Gasteiger partial charge in [-0.05, 0) is 42.9 Å². The van der Waals surface area contributed by atoms with Crippen LogP contribution in [0.5, 0.6) is 5.88 Å². The highest BCUT2D eigenvalue weighted by Crippen LogP contribution is 2.20.